The van der Waals surface area contributed by atoms with Crippen molar-refractivity contribution in [2.75, 3.05) is 0 Å². The van der Waals surface area contributed by atoms with E-state index in [9.17, 15) is 4.79 Å². The maximum absolute atomic E-state index is 11.7. The van der Waals surface area contributed by atoms with Gasteiger partial charge in [0.2, 0.25) is 11.8 Å². The maximum atomic E-state index is 11.7. The Kier molecular flexibility index (Phi) is 8.91. The fraction of sp³-hybridized carbons (Fsp3) is 0.600. The van der Waals surface area contributed by atoms with Gasteiger partial charge in [-0.05, 0) is 36.4 Å². The molecule has 1 aliphatic rings. The molecule has 2 aromatic heterocycles. The summed E-state index contributed by atoms with van der Waals surface area (Å²) in [7, 11) is 0. The molecule has 0 bridgehead atoms. The molecule has 2 heterocycles. The highest BCUT2D eigenvalue weighted by molar-refractivity contribution is 7.97. The van der Waals surface area contributed by atoms with Crippen LogP contribution >= 0.6 is 11.9 Å². The normalized spacial score (nSPS) is 15.9. The van der Waals surface area contributed by atoms with Crippen LogP contribution in [0.4, 0.5) is 0 Å². The molecule has 1 aliphatic carbocycles. The molecule has 1 saturated carbocycles. The van der Waals surface area contributed by atoms with E-state index in [-0.39, 0.29) is 12.3 Å². The van der Waals surface area contributed by atoms with E-state index < -0.39 is 5.91 Å². The lowest BCUT2D eigenvalue weighted by Gasteiger charge is -2.22. The maximum Gasteiger partial charge on any atom is 0.244 e. The third kappa shape index (κ3) is 7.41. The molecule has 0 aromatic carbocycles. The zero-order valence-electron chi connectivity index (χ0n) is 16.5. The van der Waals surface area contributed by atoms with Crippen LogP contribution < -0.4 is 10.2 Å². The van der Waals surface area contributed by atoms with Crippen LogP contribution in [-0.2, 0) is 11.3 Å². The Balaban J connectivity index is 1.50. The van der Waals surface area contributed by atoms with Crippen molar-refractivity contribution in [2.24, 2.45) is 5.92 Å². The van der Waals surface area contributed by atoms with Gasteiger partial charge in [0.05, 0.1) is 6.54 Å². The van der Waals surface area contributed by atoms with Gasteiger partial charge in [-0.1, -0.05) is 56.2 Å². The summed E-state index contributed by atoms with van der Waals surface area (Å²) in [6.07, 6.45) is 11.5. The van der Waals surface area contributed by atoms with Crippen LogP contribution in [0.3, 0.4) is 0 Å². The highest BCUT2D eigenvalue weighted by atomic mass is 32.2. The largest absolute Gasteiger partial charge is 0.339 e. The predicted octanol–water partition coefficient (Wildman–Crippen LogP) is 3.99. The molecule has 0 saturated heterocycles. The van der Waals surface area contributed by atoms with Gasteiger partial charge in [-0.3, -0.25) is 14.7 Å². The number of nitrogens with zero attached hydrogens (tertiary/aromatic N) is 3. The van der Waals surface area contributed by atoms with Gasteiger partial charge in [-0.15, -0.1) is 0 Å². The minimum Gasteiger partial charge on any atom is -0.339 e. The first-order valence-electron chi connectivity index (χ1n) is 10.3. The molecular weight excluding hydrogens is 390 g/mol. The lowest BCUT2D eigenvalue weighted by molar-refractivity contribution is -0.129. The molecule has 2 aromatic rings. The number of rotatable bonds is 11. The van der Waals surface area contributed by atoms with E-state index in [4.69, 9.17) is 9.73 Å². The number of aromatic nitrogens is 3. The number of carbonyl (C=O) groups excluding carboxylic acids is 1. The van der Waals surface area contributed by atoms with Crippen LogP contribution in [0.2, 0.25) is 0 Å². The highest BCUT2D eigenvalue weighted by Gasteiger charge is 2.23. The second kappa shape index (κ2) is 11.9. The monoisotopic (exact) mass is 419 g/mol. The van der Waals surface area contributed by atoms with Crippen molar-refractivity contribution >= 4 is 17.9 Å². The van der Waals surface area contributed by atoms with Crippen molar-refractivity contribution in [3.8, 4) is 0 Å². The van der Waals surface area contributed by atoms with E-state index in [2.05, 4.69) is 19.8 Å². The summed E-state index contributed by atoms with van der Waals surface area (Å²) in [5.41, 5.74) is 1.71. The van der Waals surface area contributed by atoms with E-state index >= 15 is 0 Å². The Morgan fingerprint density at radius 1 is 1.31 bits per heavy atom. The molecule has 3 N–H and O–H groups in total. The Morgan fingerprint density at radius 2 is 2.17 bits per heavy atom. The van der Waals surface area contributed by atoms with Crippen LogP contribution in [0, 0.1) is 5.92 Å². The molecule has 158 valence electrons. The molecule has 0 spiro atoms. The van der Waals surface area contributed by atoms with Crippen molar-refractivity contribution < 1.29 is 14.5 Å². The van der Waals surface area contributed by atoms with E-state index in [0.717, 1.165) is 23.8 Å². The fourth-order valence-electron chi connectivity index (χ4n) is 3.80. The number of hydroxylamine groups is 1. The van der Waals surface area contributed by atoms with Gasteiger partial charge >= 0.3 is 0 Å². The van der Waals surface area contributed by atoms with Gasteiger partial charge in [0.15, 0.2) is 5.82 Å². The molecule has 8 nitrogen and oxygen atoms in total. The molecule has 1 unspecified atom stereocenters. The minimum absolute atomic E-state index is 0.138. The van der Waals surface area contributed by atoms with E-state index in [1.54, 1.807) is 11.7 Å². The average molecular weight is 420 g/mol. The molecule has 1 fully saturated rings. The second-order valence-electron chi connectivity index (χ2n) is 7.51. The molecule has 3 rings (SSSR count). The fourth-order valence-corrected chi connectivity index (χ4v) is 4.41. The van der Waals surface area contributed by atoms with Crippen LogP contribution in [-0.4, -0.2) is 26.2 Å². The van der Waals surface area contributed by atoms with Crippen LogP contribution in [0.1, 0.15) is 75.4 Å². The predicted molar refractivity (Wildman–Crippen MR) is 109 cm³/mol. The van der Waals surface area contributed by atoms with Gasteiger partial charge in [-0.2, -0.15) is 4.98 Å². The zero-order valence-corrected chi connectivity index (χ0v) is 17.4. The van der Waals surface area contributed by atoms with Crippen molar-refractivity contribution in [1.29, 1.82) is 0 Å². The summed E-state index contributed by atoms with van der Waals surface area (Å²) in [6.45, 7) is 0.422. The first kappa shape index (κ1) is 21.7. The number of hydrogen-bond acceptors (Lipinski definition) is 8. The summed E-state index contributed by atoms with van der Waals surface area (Å²) < 4.78 is 8.59. The smallest absolute Gasteiger partial charge is 0.244 e. The summed E-state index contributed by atoms with van der Waals surface area (Å²) >= 11 is 1.40. The molecular formula is C20H29N5O3S. The number of carbonyl (C=O) groups is 1. The number of pyridine rings is 1. The molecule has 29 heavy (non-hydrogen) atoms. The first-order valence-corrected chi connectivity index (χ1v) is 11.1. The third-order valence-corrected chi connectivity index (χ3v) is 6.06. The molecule has 1 amide bonds. The van der Waals surface area contributed by atoms with E-state index in [0.29, 0.717) is 18.3 Å². The van der Waals surface area contributed by atoms with Crippen molar-refractivity contribution in [2.45, 2.75) is 75.3 Å². The van der Waals surface area contributed by atoms with E-state index in [1.807, 2.05) is 18.2 Å². The Hall–Kier alpha value is -1.97. The molecule has 9 heteroatoms. The van der Waals surface area contributed by atoms with Crippen LogP contribution in [0.15, 0.2) is 33.9 Å². The summed E-state index contributed by atoms with van der Waals surface area (Å²) in [5.74, 6) is 1.16. The summed E-state index contributed by atoms with van der Waals surface area (Å²) in [4.78, 5) is 20.4. The van der Waals surface area contributed by atoms with Gasteiger partial charge in [0, 0.05) is 18.5 Å². The third-order valence-electron chi connectivity index (χ3n) is 5.32. The lowest BCUT2D eigenvalue weighted by atomic mass is 9.84. The minimum atomic E-state index is -0.434. The summed E-state index contributed by atoms with van der Waals surface area (Å²) in [6, 6.07) is 5.70. The van der Waals surface area contributed by atoms with Gasteiger partial charge in [-0.25, -0.2) is 10.5 Å². The lowest BCUT2D eigenvalue weighted by Crippen LogP contribution is -2.21. The molecule has 0 aliphatic heterocycles. The SMILES string of the molecule is O=C(CC(CCCC1CCCCC1)c1nc(CNSc2ccccn2)no1)NO. The second-order valence-corrected chi connectivity index (χ2v) is 8.42. The summed E-state index contributed by atoms with van der Waals surface area (Å²) in [5, 5.41) is 13.8. The first-order chi connectivity index (χ1) is 14.2. The van der Waals surface area contributed by atoms with Gasteiger partial charge < -0.3 is 4.52 Å². The quantitative estimate of drug-likeness (QED) is 0.285. The average Bonchev–Trinajstić information content (AvgIpc) is 3.23. The molecule has 0 radical (unpaired) electrons. The van der Waals surface area contributed by atoms with Crippen molar-refractivity contribution in [1.82, 2.24) is 25.3 Å². The number of hydrogen-bond donors (Lipinski definition) is 3. The standard InChI is InChI=1S/C20H29N5O3S/c26-18(24-27)13-16(10-6-9-15-7-2-1-3-8-15)20-23-17(25-28-20)14-22-29-19-11-4-5-12-21-19/h4-5,11-12,15-16,22,27H,1-3,6-10,13-14H2,(H,24,26). The van der Waals surface area contributed by atoms with Gasteiger partial charge in [0.1, 0.15) is 5.03 Å². The number of amides is 1. The van der Waals surface area contributed by atoms with Crippen LogP contribution in [0.25, 0.3) is 0 Å². The highest BCUT2D eigenvalue weighted by Crippen LogP contribution is 2.31. The van der Waals surface area contributed by atoms with Gasteiger partial charge in [0.25, 0.3) is 0 Å². The Labute approximate surface area is 175 Å². The number of nitrogens with one attached hydrogen (secondary N) is 2. The Morgan fingerprint density at radius 3 is 2.93 bits per heavy atom. The van der Waals surface area contributed by atoms with E-state index in [1.165, 1.54) is 50.5 Å². The van der Waals surface area contributed by atoms with Crippen molar-refractivity contribution in [3.63, 3.8) is 0 Å². The van der Waals surface area contributed by atoms with Crippen LogP contribution in [0.5, 0.6) is 0 Å². The topological polar surface area (TPSA) is 113 Å². The Bertz CT molecular complexity index is 737. The zero-order chi connectivity index (χ0) is 20.3. The van der Waals surface area contributed by atoms with Crippen molar-refractivity contribution in [3.05, 3.63) is 36.1 Å². The molecule has 1 atom stereocenters.